The van der Waals surface area contributed by atoms with E-state index in [1.165, 1.54) is 12.8 Å². The molecular weight excluding hydrogens is 200 g/mol. The van der Waals surface area contributed by atoms with Gasteiger partial charge in [-0.05, 0) is 38.1 Å². The molecule has 0 aromatic heterocycles. The molecule has 0 heterocycles. The summed E-state index contributed by atoms with van der Waals surface area (Å²) >= 11 is 0. The van der Waals surface area contributed by atoms with Crippen molar-refractivity contribution in [3.63, 3.8) is 0 Å². The van der Waals surface area contributed by atoms with E-state index in [0.29, 0.717) is 18.5 Å². The molecule has 94 valence electrons. The van der Waals surface area contributed by atoms with E-state index in [2.05, 4.69) is 31.0 Å². The van der Waals surface area contributed by atoms with Crippen molar-refractivity contribution in [3.05, 3.63) is 0 Å². The van der Waals surface area contributed by atoms with Gasteiger partial charge in [0.1, 0.15) is 0 Å². The smallest absolute Gasteiger partial charge is 0.236 e. The molecule has 0 saturated heterocycles. The lowest BCUT2D eigenvalue weighted by atomic mass is 10.1. The molecule has 1 N–H and O–H groups in total. The molecule has 1 amide bonds. The fourth-order valence-corrected chi connectivity index (χ4v) is 1.77. The van der Waals surface area contributed by atoms with Crippen LogP contribution in [0.1, 0.15) is 46.5 Å². The normalized spacial score (nSPS) is 15.5. The van der Waals surface area contributed by atoms with Crippen molar-refractivity contribution in [1.82, 2.24) is 10.2 Å². The van der Waals surface area contributed by atoms with Gasteiger partial charge in [-0.3, -0.25) is 4.79 Å². The molecule has 0 aromatic carbocycles. The van der Waals surface area contributed by atoms with Gasteiger partial charge in [-0.1, -0.05) is 20.8 Å². The van der Waals surface area contributed by atoms with Crippen LogP contribution in [-0.4, -0.2) is 36.5 Å². The summed E-state index contributed by atoms with van der Waals surface area (Å²) < 4.78 is 0. The van der Waals surface area contributed by atoms with Crippen molar-refractivity contribution in [2.45, 2.75) is 52.5 Å². The number of amides is 1. The maximum atomic E-state index is 12.0. The molecule has 0 aromatic rings. The molecule has 1 rings (SSSR count). The monoisotopic (exact) mass is 226 g/mol. The second-order valence-electron chi connectivity index (χ2n) is 5.18. The number of carbonyl (C=O) groups excluding carboxylic acids is 1. The second-order valence-corrected chi connectivity index (χ2v) is 5.18. The predicted octanol–water partition coefficient (Wildman–Crippen LogP) is 2.02. The van der Waals surface area contributed by atoms with Crippen LogP contribution in [0.5, 0.6) is 0 Å². The van der Waals surface area contributed by atoms with Crippen molar-refractivity contribution >= 4 is 5.91 Å². The van der Waals surface area contributed by atoms with E-state index in [1.54, 1.807) is 0 Å². The highest BCUT2D eigenvalue weighted by Crippen LogP contribution is 2.27. The lowest BCUT2D eigenvalue weighted by Crippen LogP contribution is -2.40. The Kier molecular flexibility index (Phi) is 5.81. The summed E-state index contributed by atoms with van der Waals surface area (Å²) in [6, 6.07) is 0.551. The Morgan fingerprint density at radius 3 is 2.62 bits per heavy atom. The second kappa shape index (κ2) is 6.89. The molecule has 3 nitrogen and oxygen atoms in total. The number of hydrogen-bond donors (Lipinski definition) is 1. The lowest BCUT2D eigenvalue weighted by molar-refractivity contribution is -0.131. The van der Waals surface area contributed by atoms with Crippen LogP contribution in [0.2, 0.25) is 0 Å². The summed E-state index contributed by atoms with van der Waals surface area (Å²) in [6.45, 7) is 8.94. The molecule has 1 aliphatic rings. The summed E-state index contributed by atoms with van der Waals surface area (Å²) in [7, 11) is 0. The van der Waals surface area contributed by atoms with Crippen molar-refractivity contribution in [3.8, 4) is 0 Å². The Hall–Kier alpha value is -0.570. The van der Waals surface area contributed by atoms with Crippen LogP contribution in [0.15, 0.2) is 0 Å². The third-order valence-corrected chi connectivity index (χ3v) is 2.96. The minimum Gasteiger partial charge on any atom is -0.339 e. The largest absolute Gasteiger partial charge is 0.339 e. The SMILES string of the molecule is CCCNCC(=O)N(CCC(C)C)C1CC1. The van der Waals surface area contributed by atoms with E-state index in [4.69, 9.17) is 0 Å². The van der Waals surface area contributed by atoms with Gasteiger partial charge in [-0.15, -0.1) is 0 Å². The minimum absolute atomic E-state index is 0.289. The molecule has 1 aliphatic carbocycles. The Morgan fingerprint density at radius 1 is 1.44 bits per heavy atom. The van der Waals surface area contributed by atoms with Crippen LogP contribution in [-0.2, 0) is 4.79 Å². The van der Waals surface area contributed by atoms with E-state index in [0.717, 1.165) is 25.9 Å². The van der Waals surface area contributed by atoms with Crippen LogP contribution >= 0.6 is 0 Å². The average Bonchev–Trinajstić information content (AvgIpc) is 3.02. The molecular formula is C13H26N2O. The lowest BCUT2D eigenvalue weighted by Gasteiger charge is -2.23. The van der Waals surface area contributed by atoms with E-state index in [1.807, 2.05) is 0 Å². The number of hydrogen-bond acceptors (Lipinski definition) is 2. The van der Waals surface area contributed by atoms with Gasteiger partial charge < -0.3 is 10.2 Å². The highest BCUT2D eigenvalue weighted by Gasteiger charge is 2.31. The van der Waals surface area contributed by atoms with Gasteiger partial charge in [0.2, 0.25) is 5.91 Å². The summed E-state index contributed by atoms with van der Waals surface area (Å²) in [5.41, 5.74) is 0. The third-order valence-electron chi connectivity index (χ3n) is 2.96. The van der Waals surface area contributed by atoms with Crippen molar-refractivity contribution in [2.75, 3.05) is 19.6 Å². The summed E-state index contributed by atoms with van der Waals surface area (Å²) in [5, 5.41) is 3.19. The number of nitrogens with one attached hydrogen (secondary N) is 1. The van der Waals surface area contributed by atoms with E-state index in [9.17, 15) is 4.79 Å². The van der Waals surface area contributed by atoms with Crippen molar-refractivity contribution in [2.24, 2.45) is 5.92 Å². The molecule has 1 saturated carbocycles. The molecule has 0 atom stereocenters. The summed E-state index contributed by atoms with van der Waals surface area (Å²) in [4.78, 5) is 14.1. The Balaban J connectivity index is 2.28. The van der Waals surface area contributed by atoms with Gasteiger partial charge in [-0.25, -0.2) is 0 Å². The molecule has 0 spiro atoms. The topological polar surface area (TPSA) is 32.3 Å². The quantitative estimate of drug-likeness (QED) is 0.642. The molecule has 1 fully saturated rings. The zero-order valence-corrected chi connectivity index (χ0v) is 11.0. The van der Waals surface area contributed by atoms with Crippen molar-refractivity contribution in [1.29, 1.82) is 0 Å². The number of carbonyl (C=O) groups is 1. The standard InChI is InChI=1S/C13H26N2O/c1-4-8-14-10-13(16)15(12-5-6-12)9-7-11(2)3/h11-12,14H,4-10H2,1-3H3. The highest BCUT2D eigenvalue weighted by atomic mass is 16.2. The van der Waals surface area contributed by atoms with Crippen LogP contribution < -0.4 is 5.32 Å². The maximum absolute atomic E-state index is 12.0. The Bertz CT molecular complexity index is 212. The van der Waals surface area contributed by atoms with Gasteiger partial charge in [0.25, 0.3) is 0 Å². The van der Waals surface area contributed by atoms with E-state index in [-0.39, 0.29) is 5.91 Å². The number of nitrogens with zero attached hydrogens (tertiary/aromatic N) is 1. The first-order valence-corrected chi connectivity index (χ1v) is 6.65. The van der Waals surface area contributed by atoms with Crippen LogP contribution in [0.3, 0.4) is 0 Å². The summed E-state index contributed by atoms with van der Waals surface area (Å²) in [5.74, 6) is 0.967. The van der Waals surface area contributed by atoms with Crippen LogP contribution in [0.25, 0.3) is 0 Å². The average molecular weight is 226 g/mol. The fourth-order valence-electron chi connectivity index (χ4n) is 1.77. The maximum Gasteiger partial charge on any atom is 0.236 e. The first-order chi connectivity index (χ1) is 7.65. The molecule has 16 heavy (non-hydrogen) atoms. The zero-order valence-electron chi connectivity index (χ0n) is 11.0. The first kappa shape index (κ1) is 13.5. The Morgan fingerprint density at radius 2 is 2.12 bits per heavy atom. The fraction of sp³-hybridized carbons (Fsp3) is 0.923. The van der Waals surface area contributed by atoms with E-state index >= 15 is 0 Å². The predicted molar refractivity (Wildman–Crippen MR) is 67.4 cm³/mol. The van der Waals surface area contributed by atoms with Gasteiger partial charge in [0.05, 0.1) is 6.54 Å². The third kappa shape index (κ3) is 4.97. The molecule has 0 aliphatic heterocycles. The van der Waals surface area contributed by atoms with Gasteiger partial charge in [0.15, 0.2) is 0 Å². The summed E-state index contributed by atoms with van der Waals surface area (Å²) in [6.07, 6.45) is 4.62. The van der Waals surface area contributed by atoms with Gasteiger partial charge in [-0.2, -0.15) is 0 Å². The minimum atomic E-state index is 0.289. The Labute approximate surface area is 99.6 Å². The first-order valence-electron chi connectivity index (χ1n) is 6.65. The highest BCUT2D eigenvalue weighted by molar-refractivity contribution is 5.78. The van der Waals surface area contributed by atoms with Crippen molar-refractivity contribution < 1.29 is 4.79 Å². The van der Waals surface area contributed by atoms with Gasteiger partial charge in [0, 0.05) is 12.6 Å². The number of rotatable bonds is 8. The van der Waals surface area contributed by atoms with E-state index < -0.39 is 0 Å². The molecule has 3 heteroatoms. The van der Waals surface area contributed by atoms with Crippen LogP contribution in [0.4, 0.5) is 0 Å². The molecule has 0 radical (unpaired) electrons. The van der Waals surface area contributed by atoms with Crippen LogP contribution in [0, 0.1) is 5.92 Å². The molecule has 0 unspecified atom stereocenters. The van der Waals surface area contributed by atoms with Gasteiger partial charge >= 0.3 is 0 Å². The molecule has 0 bridgehead atoms. The zero-order chi connectivity index (χ0) is 12.0.